The lowest BCUT2D eigenvalue weighted by Crippen LogP contribution is -2.70. The van der Waals surface area contributed by atoms with Crippen molar-refractivity contribution in [2.24, 2.45) is 17.4 Å². The molecule has 176 valence electrons. The predicted octanol–water partition coefficient (Wildman–Crippen LogP) is 0.0699. The second kappa shape index (κ2) is 11.7. The van der Waals surface area contributed by atoms with Gasteiger partial charge in [-0.05, 0) is 37.8 Å². The molecule has 1 aliphatic rings. The van der Waals surface area contributed by atoms with E-state index in [0.29, 0.717) is 25.5 Å². The lowest BCUT2D eigenvalue weighted by molar-refractivity contribution is -0.152. The highest BCUT2D eigenvalue weighted by molar-refractivity contribution is 5.92. The zero-order valence-electron chi connectivity index (χ0n) is 18.9. The van der Waals surface area contributed by atoms with E-state index >= 15 is 0 Å². The summed E-state index contributed by atoms with van der Waals surface area (Å²) >= 11 is 0. The van der Waals surface area contributed by atoms with Crippen LogP contribution in [0.4, 0.5) is 0 Å². The SMILES string of the molecule is CC(C)[C@](C=O)(NC(=O)[C@@H](N)CC(N)=O)N(CCCc1ccccc1)C(=O)[C@@H]1CCCN1. The van der Waals surface area contributed by atoms with E-state index in [1.807, 2.05) is 30.3 Å². The van der Waals surface area contributed by atoms with Crippen molar-refractivity contribution in [1.82, 2.24) is 15.5 Å². The number of nitrogens with two attached hydrogens (primary N) is 2. The molecule has 1 aromatic rings. The van der Waals surface area contributed by atoms with Crippen molar-refractivity contribution in [3.63, 3.8) is 0 Å². The van der Waals surface area contributed by atoms with Gasteiger partial charge in [-0.2, -0.15) is 0 Å². The normalized spacial score (nSPS) is 18.6. The van der Waals surface area contributed by atoms with Crippen LogP contribution in [0.15, 0.2) is 30.3 Å². The number of amides is 3. The van der Waals surface area contributed by atoms with Crippen molar-refractivity contribution in [2.45, 2.75) is 63.7 Å². The molecule has 0 aliphatic carbocycles. The second-order valence-corrected chi connectivity index (χ2v) is 8.59. The Morgan fingerprint density at radius 1 is 1.28 bits per heavy atom. The van der Waals surface area contributed by atoms with Crippen LogP contribution >= 0.6 is 0 Å². The molecule has 0 radical (unpaired) electrons. The summed E-state index contributed by atoms with van der Waals surface area (Å²) in [5.41, 5.74) is 10.5. The molecule has 1 saturated heterocycles. The van der Waals surface area contributed by atoms with Crippen LogP contribution in [0.1, 0.15) is 45.1 Å². The largest absolute Gasteiger partial charge is 0.370 e. The van der Waals surface area contributed by atoms with Gasteiger partial charge in [0.25, 0.3) is 0 Å². The van der Waals surface area contributed by atoms with Crippen LogP contribution in [-0.4, -0.2) is 59.7 Å². The van der Waals surface area contributed by atoms with Gasteiger partial charge in [0.1, 0.15) is 0 Å². The first kappa shape index (κ1) is 25.5. The summed E-state index contributed by atoms with van der Waals surface area (Å²) in [6.45, 7) is 4.51. The Morgan fingerprint density at radius 3 is 2.50 bits per heavy atom. The van der Waals surface area contributed by atoms with E-state index in [1.54, 1.807) is 13.8 Å². The van der Waals surface area contributed by atoms with Gasteiger partial charge in [-0.25, -0.2) is 0 Å². The molecule has 1 aromatic carbocycles. The summed E-state index contributed by atoms with van der Waals surface area (Å²) in [4.78, 5) is 51.4. The van der Waals surface area contributed by atoms with Crippen molar-refractivity contribution < 1.29 is 19.2 Å². The molecular weight excluding hydrogens is 410 g/mol. The zero-order chi connectivity index (χ0) is 23.7. The number of carbonyl (C=O) groups excluding carboxylic acids is 4. The van der Waals surface area contributed by atoms with E-state index in [2.05, 4.69) is 10.6 Å². The molecule has 0 aromatic heterocycles. The molecule has 3 atom stereocenters. The number of nitrogens with zero attached hydrogens (tertiary/aromatic N) is 1. The van der Waals surface area contributed by atoms with Crippen molar-refractivity contribution in [3.05, 3.63) is 35.9 Å². The Labute approximate surface area is 189 Å². The number of primary amides is 1. The zero-order valence-corrected chi connectivity index (χ0v) is 18.9. The van der Waals surface area contributed by atoms with Crippen LogP contribution in [0.5, 0.6) is 0 Å². The lowest BCUT2D eigenvalue weighted by Gasteiger charge is -2.44. The third-order valence-corrected chi connectivity index (χ3v) is 5.90. The summed E-state index contributed by atoms with van der Waals surface area (Å²) < 4.78 is 0. The number of hydrogen-bond acceptors (Lipinski definition) is 6. The van der Waals surface area contributed by atoms with E-state index in [4.69, 9.17) is 11.5 Å². The smallest absolute Gasteiger partial charge is 0.241 e. The first-order valence-corrected chi connectivity index (χ1v) is 11.1. The van der Waals surface area contributed by atoms with Gasteiger partial charge in [0, 0.05) is 12.5 Å². The lowest BCUT2D eigenvalue weighted by atomic mass is 9.92. The Morgan fingerprint density at radius 2 is 1.97 bits per heavy atom. The van der Waals surface area contributed by atoms with Gasteiger partial charge < -0.3 is 27.0 Å². The standard InChI is InChI=1S/C23H35N5O4/c1-16(2)23(15-29,27-21(31)18(24)14-20(25)30)28(22(32)19-11-6-12-26-19)13-7-10-17-8-4-3-5-9-17/h3-5,8-9,15-16,18-19,26H,6-7,10-14,24H2,1-2H3,(H2,25,30)(H,27,31)/t18-,19-,23+/m0/s1. The quantitative estimate of drug-likeness (QED) is 0.264. The molecular formula is C23H35N5O4. The molecule has 0 unspecified atom stereocenters. The van der Waals surface area contributed by atoms with Crippen LogP contribution in [0.25, 0.3) is 0 Å². The highest BCUT2D eigenvalue weighted by atomic mass is 16.2. The number of aryl methyl sites for hydroxylation is 1. The highest BCUT2D eigenvalue weighted by Gasteiger charge is 2.46. The summed E-state index contributed by atoms with van der Waals surface area (Å²) in [6, 6.07) is 8.22. The predicted molar refractivity (Wildman–Crippen MR) is 121 cm³/mol. The van der Waals surface area contributed by atoms with Gasteiger partial charge in [-0.15, -0.1) is 0 Å². The third kappa shape index (κ3) is 6.37. The Bertz CT molecular complexity index is 795. The van der Waals surface area contributed by atoms with Gasteiger partial charge in [0.05, 0.1) is 18.5 Å². The van der Waals surface area contributed by atoms with Crippen molar-refractivity contribution in [3.8, 4) is 0 Å². The minimum Gasteiger partial charge on any atom is -0.370 e. The van der Waals surface area contributed by atoms with E-state index in [9.17, 15) is 19.2 Å². The van der Waals surface area contributed by atoms with Crippen LogP contribution in [0.3, 0.4) is 0 Å². The molecule has 0 spiro atoms. The minimum absolute atomic E-state index is 0.236. The van der Waals surface area contributed by atoms with Gasteiger partial charge in [-0.3, -0.25) is 19.2 Å². The molecule has 9 nitrogen and oxygen atoms in total. The molecule has 9 heteroatoms. The fraction of sp³-hybridized carbons (Fsp3) is 0.565. The minimum atomic E-state index is -1.59. The average Bonchev–Trinajstić information content (AvgIpc) is 3.30. The third-order valence-electron chi connectivity index (χ3n) is 5.90. The summed E-state index contributed by atoms with van der Waals surface area (Å²) in [5, 5.41) is 5.85. The maximum absolute atomic E-state index is 13.5. The molecule has 1 fully saturated rings. The van der Waals surface area contributed by atoms with Crippen molar-refractivity contribution >= 4 is 24.0 Å². The first-order valence-electron chi connectivity index (χ1n) is 11.1. The second-order valence-electron chi connectivity index (χ2n) is 8.59. The van der Waals surface area contributed by atoms with Crippen LogP contribution in [0.2, 0.25) is 0 Å². The maximum Gasteiger partial charge on any atom is 0.241 e. The summed E-state index contributed by atoms with van der Waals surface area (Å²) in [7, 11) is 0. The first-order chi connectivity index (χ1) is 15.2. The Kier molecular flexibility index (Phi) is 9.34. The van der Waals surface area contributed by atoms with Crippen LogP contribution in [-0.2, 0) is 25.6 Å². The molecule has 0 saturated carbocycles. The number of aldehydes is 1. The molecule has 3 amide bonds. The fourth-order valence-corrected chi connectivity index (χ4v) is 4.00. The van der Waals surface area contributed by atoms with E-state index < -0.39 is 35.5 Å². The van der Waals surface area contributed by atoms with E-state index in [-0.39, 0.29) is 18.9 Å². The number of hydrogen-bond donors (Lipinski definition) is 4. The topological polar surface area (TPSA) is 148 Å². The summed E-state index contributed by atoms with van der Waals surface area (Å²) in [6.07, 6.45) is 3.09. The van der Waals surface area contributed by atoms with Gasteiger partial charge >= 0.3 is 0 Å². The summed E-state index contributed by atoms with van der Waals surface area (Å²) in [5.74, 6) is -2.10. The fourth-order valence-electron chi connectivity index (χ4n) is 4.00. The van der Waals surface area contributed by atoms with Gasteiger partial charge in [0.15, 0.2) is 11.9 Å². The van der Waals surface area contributed by atoms with E-state index in [0.717, 1.165) is 18.5 Å². The molecule has 1 aliphatic heterocycles. The maximum atomic E-state index is 13.5. The molecule has 1 heterocycles. The van der Waals surface area contributed by atoms with E-state index in [1.165, 1.54) is 4.90 Å². The van der Waals surface area contributed by atoms with Gasteiger partial charge in [0.2, 0.25) is 17.7 Å². The van der Waals surface area contributed by atoms with Gasteiger partial charge in [-0.1, -0.05) is 44.2 Å². The molecule has 6 N–H and O–H groups in total. The van der Waals surface area contributed by atoms with Crippen LogP contribution in [0, 0.1) is 5.92 Å². The number of rotatable bonds is 12. The number of carbonyl (C=O) groups is 4. The van der Waals surface area contributed by atoms with Crippen molar-refractivity contribution in [2.75, 3.05) is 13.1 Å². The monoisotopic (exact) mass is 445 g/mol. The van der Waals surface area contributed by atoms with Crippen molar-refractivity contribution in [1.29, 1.82) is 0 Å². The molecule has 2 rings (SSSR count). The Balaban J connectivity index is 2.30. The van der Waals surface area contributed by atoms with Crippen LogP contribution < -0.4 is 22.1 Å². The highest BCUT2D eigenvalue weighted by Crippen LogP contribution is 2.24. The number of benzene rings is 1. The number of nitrogens with one attached hydrogen (secondary N) is 2. The molecule has 32 heavy (non-hydrogen) atoms. The average molecular weight is 446 g/mol. The molecule has 0 bridgehead atoms. The Hall–Kier alpha value is -2.78.